The van der Waals surface area contributed by atoms with Crippen LogP contribution in [-0.4, -0.2) is 73.5 Å². The van der Waals surface area contributed by atoms with E-state index in [0.717, 1.165) is 38.7 Å². The van der Waals surface area contributed by atoms with E-state index in [-0.39, 0.29) is 6.10 Å². The number of hydrogen-bond acceptors (Lipinski definition) is 4. The van der Waals surface area contributed by atoms with Gasteiger partial charge in [-0.15, -0.1) is 0 Å². The third-order valence-corrected chi connectivity index (χ3v) is 3.72. The Morgan fingerprint density at radius 1 is 1.26 bits per heavy atom. The zero-order valence-electron chi connectivity index (χ0n) is 13.1. The van der Waals surface area contributed by atoms with Crippen molar-refractivity contribution < 1.29 is 9.84 Å². The number of rotatable bonds is 8. The van der Waals surface area contributed by atoms with E-state index in [9.17, 15) is 5.11 Å². The number of hydrogen-bond donors (Lipinski definition) is 1. The second kappa shape index (κ2) is 8.90. The molecule has 1 saturated heterocycles. The second-order valence-electron chi connectivity index (χ2n) is 6.27. The summed E-state index contributed by atoms with van der Waals surface area (Å²) in [6.07, 6.45) is 2.63. The van der Waals surface area contributed by atoms with Crippen LogP contribution in [0.15, 0.2) is 0 Å². The first-order chi connectivity index (χ1) is 8.97. The molecule has 1 heterocycles. The Morgan fingerprint density at radius 2 is 1.89 bits per heavy atom. The third kappa shape index (κ3) is 7.88. The molecule has 0 aromatic heterocycles. The van der Waals surface area contributed by atoms with Crippen molar-refractivity contribution in [2.24, 2.45) is 5.92 Å². The summed E-state index contributed by atoms with van der Waals surface area (Å²) >= 11 is 0. The summed E-state index contributed by atoms with van der Waals surface area (Å²) in [5.74, 6) is 0.800. The van der Waals surface area contributed by atoms with Gasteiger partial charge in [-0.2, -0.15) is 0 Å². The molecule has 0 unspecified atom stereocenters. The predicted octanol–water partition coefficient (Wildman–Crippen LogP) is 1.44. The fourth-order valence-electron chi connectivity index (χ4n) is 2.70. The van der Waals surface area contributed by atoms with Gasteiger partial charge >= 0.3 is 0 Å². The SMILES string of the molecule is CC(C)OCCN(C)CC1CCN(C[C@@H](C)O)CC1. The van der Waals surface area contributed by atoms with Gasteiger partial charge in [0, 0.05) is 19.6 Å². The van der Waals surface area contributed by atoms with Crippen molar-refractivity contribution in [3.05, 3.63) is 0 Å². The number of piperidine rings is 1. The fourth-order valence-corrected chi connectivity index (χ4v) is 2.70. The zero-order chi connectivity index (χ0) is 14.3. The van der Waals surface area contributed by atoms with Gasteiger partial charge in [-0.25, -0.2) is 0 Å². The highest BCUT2D eigenvalue weighted by Gasteiger charge is 2.20. The Labute approximate surface area is 118 Å². The Balaban J connectivity index is 2.11. The van der Waals surface area contributed by atoms with E-state index in [1.807, 2.05) is 6.92 Å². The van der Waals surface area contributed by atoms with E-state index in [2.05, 4.69) is 30.7 Å². The van der Waals surface area contributed by atoms with Gasteiger partial charge in [-0.05, 0) is 59.7 Å². The number of ether oxygens (including phenoxy) is 1. The maximum atomic E-state index is 9.39. The second-order valence-corrected chi connectivity index (χ2v) is 6.27. The average molecular weight is 272 g/mol. The minimum atomic E-state index is -0.201. The monoisotopic (exact) mass is 272 g/mol. The summed E-state index contributed by atoms with van der Waals surface area (Å²) in [5.41, 5.74) is 0. The number of β-amino-alcohol motifs (C(OH)–C–C–N with tert-alkyl or cyclic N) is 1. The molecule has 1 fully saturated rings. The van der Waals surface area contributed by atoms with Crippen molar-refractivity contribution >= 4 is 0 Å². The van der Waals surface area contributed by atoms with Gasteiger partial charge in [-0.3, -0.25) is 0 Å². The summed E-state index contributed by atoms with van der Waals surface area (Å²) in [4.78, 5) is 4.76. The van der Waals surface area contributed by atoms with Gasteiger partial charge in [0.15, 0.2) is 0 Å². The summed E-state index contributed by atoms with van der Waals surface area (Å²) in [7, 11) is 2.19. The van der Waals surface area contributed by atoms with Gasteiger partial charge in [0.05, 0.1) is 18.8 Å². The minimum absolute atomic E-state index is 0.201. The lowest BCUT2D eigenvalue weighted by Crippen LogP contribution is -2.41. The van der Waals surface area contributed by atoms with Crippen molar-refractivity contribution in [2.45, 2.75) is 45.8 Å². The summed E-state index contributed by atoms with van der Waals surface area (Å²) in [6.45, 7) is 12.1. The van der Waals surface area contributed by atoms with Crippen LogP contribution < -0.4 is 0 Å². The molecule has 0 radical (unpaired) electrons. The van der Waals surface area contributed by atoms with Crippen LogP contribution in [0.3, 0.4) is 0 Å². The van der Waals surface area contributed by atoms with Gasteiger partial charge in [0.25, 0.3) is 0 Å². The van der Waals surface area contributed by atoms with E-state index in [0.29, 0.717) is 6.10 Å². The molecule has 114 valence electrons. The van der Waals surface area contributed by atoms with E-state index in [4.69, 9.17) is 4.74 Å². The molecule has 19 heavy (non-hydrogen) atoms. The van der Waals surface area contributed by atoms with E-state index < -0.39 is 0 Å². The maximum Gasteiger partial charge on any atom is 0.0639 e. The predicted molar refractivity (Wildman–Crippen MR) is 79.4 cm³/mol. The third-order valence-electron chi connectivity index (χ3n) is 3.72. The normalized spacial score (nSPS) is 20.4. The Kier molecular flexibility index (Phi) is 7.91. The number of likely N-dealkylation sites (N-methyl/N-ethyl adjacent to an activating group) is 1. The molecule has 4 heteroatoms. The van der Waals surface area contributed by atoms with Crippen LogP contribution in [0.2, 0.25) is 0 Å². The molecule has 1 N–H and O–H groups in total. The van der Waals surface area contributed by atoms with Crippen molar-refractivity contribution in [1.29, 1.82) is 0 Å². The number of aliphatic hydroxyl groups excluding tert-OH is 1. The fraction of sp³-hybridized carbons (Fsp3) is 1.00. The molecule has 0 aliphatic carbocycles. The molecule has 0 saturated carbocycles. The Morgan fingerprint density at radius 3 is 2.42 bits per heavy atom. The van der Waals surface area contributed by atoms with E-state index in [1.165, 1.54) is 19.4 Å². The molecule has 0 aromatic carbocycles. The van der Waals surface area contributed by atoms with Crippen molar-refractivity contribution in [1.82, 2.24) is 9.80 Å². The highest BCUT2D eigenvalue weighted by atomic mass is 16.5. The lowest BCUT2D eigenvalue weighted by molar-refractivity contribution is 0.0552. The molecule has 0 aromatic rings. The maximum absolute atomic E-state index is 9.39. The van der Waals surface area contributed by atoms with Gasteiger partial charge in [-0.1, -0.05) is 0 Å². The van der Waals surface area contributed by atoms with Crippen LogP contribution in [0.25, 0.3) is 0 Å². The van der Waals surface area contributed by atoms with Crippen LogP contribution in [-0.2, 0) is 4.74 Å². The molecular formula is C15H32N2O2. The first-order valence-corrected chi connectivity index (χ1v) is 7.68. The minimum Gasteiger partial charge on any atom is -0.392 e. The van der Waals surface area contributed by atoms with Crippen molar-refractivity contribution in [2.75, 3.05) is 46.4 Å². The van der Waals surface area contributed by atoms with Crippen molar-refractivity contribution in [3.63, 3.8) is 0 Å². The zero-order valence-corrected chi connectivity index (χ0v) is 13.1. The molecular weight excluding hydrogens is 240 g/mol. The molecule has 0 spiro atoms. The molecule has 1 aliphatic rings. The molecule has 4 nitrogen and oxygen atoms in total. The van der Waals surface area contributed by atoms with Crippen LogP contribution in [0.4, 0.5) is 0 Å². The number of nitrogens with zero attached hydrogens (tertiary/aromatic N) is 2. The lowest BCUT2D eigenvalue weighted by atomic mass is 9.96. The van der Waals surface area contributed by atoms with Gasteiger partial charge < -0.3 is 19.6 Å². The van der Waals surface area contributed by atoms with Crippen LogP contribution in [0, 0.1) is 5.92 Å². The molecule has 0 amide bonds. The largest absolute Gasteiger partial charge is 0.392 e. The molecule has 1 rings (SSSR count). The number of aliphatic hydroxyl groups is 1. The van der Waals surface area contributed by atoms with E-state index >= 15 is 0 Å². The van der Waals surface area contributed by atoms with Crippen LogP contribution in [0.5, 0.6) is 0 Å². The highest BCUT2D eigenvalue weighted by molar-refractivity contribution is 4.75. The molecule has 0 bridgehead atoms. The van der Waals surface area contributed by atoms with Crippen LogP contribution >= 0.6 is 0 Å². The highest BCUT2D eigenvalue weighted by Crippen LogP contribution is 2.18. The first-order valence-electron chi connectivity index (χ1n) is 7.68. The summed E-state index contributed by atoms with van der Waals surface area (Å²) in [5, 5.41) is 9.39. The smallest absolute Gasteiger partial charge is 0.0639 e. The Hall–Kier alpha value is -0.160. The summed E-state index contributed by atoms with van der Waals surface area (Å²) in [6, 6.07) is 0. The van der Waals surface area contributed by atoms with Gasteiger partial charge in [0.2, 0.25) is 0 Å². The van der Waals surface area contributed by atoms with Crippen LogP contribution in [0.1, 0.15) is 33.6 Å². The first kappa shape index (κ1) is 16.9. The lowest BCUT2D eigenvalue weighted by Gasteiger charge is -2.34. The van der Waals surface area contributed by atoms with Crippen molar-refractivity contribution in [3.8, 4) is 0 Å². The molecule has 1 aliphatic heterocycles. The number of likely N-dealkylation sites (tertiary alicyclic amines) is 1. The topological polar surface area (TPSA) is 35.9 Å². The Bertz CT molecular complexity index is 226. The van der Waals surface area contributed by atoms with Gasteiger partial charge in [0.1, 0.15) is 0 Å². The molecule has 1 atom stereocenters. The average Bonchev–Trinajstić information content (AvgIpc) is 2.30. The quantitative estimate of drug-likeness (QED) is 0.725. The standard InChI is InChI=1S/C15H32N2O2/c1-13(2)19-10-9-16(4)12-15-5-7-17(8-6-15)11-14(3)18/h13-15,18H,5-12H2,1-4H3/t14-/m1/s1. The summed E-state index contributed by atoms with van der Waals surface area (Å²) < 4.78 is 5.58. The van der Waals surface area contributed by atoms with E-state index in [1.54, 1.807) is 0 Å².